The lowest BCUT2D eigenvalue weighted by Gasteiger charge is -2.36. The van der Waals surface area contributed by atoms with Crippen LogP contribution in [-0.2, 0) is 0 Å². The predicted molar refractivity (Wildman–Crippen MR) is 62.3 cm³/mol. The quantitative estimate of drug-likeness (QED) is 0.814. The summed E-state index contributed by atoms with van der Waals surface area (Å²) in [6, 6.07) is -0.763. The second kappa shape index (κ2) is 5.77. The van der Waals surface area contributed by atoms with Crippen molar-refractivity contribution < 1.29 is 18.0 Å². The number of rotatable bonds is 4. The van der Waals surface area contributed by atoms with Gasteiger partial charge in [0.05, 0.1) is 0 Å². The minimum absolute atomic E-state index is 0.116. The standard InChI is InChI=1S/C11H20F3N3O/c1-17(2)10(5-3-4-6-10)7-15-9(18)16-8-11(12,13)14/h3-8H2,1-2H3,(H2,15,16,18). The summed E-state index contributed by atoms with van der Waals surface area (Å²) in [5, 5.41) is 4.34. The van der Waals surface area contributed by atoms with Crippen molar-refractivity contribution in [1.29, 1.82) is 0 Å². The van der Waals surface area contributed by atoms with Crippen molar-refractivity contribution in [2.45, 2.75) is 37.4 Å². The van der Waals surface area contributed by atoms with Crippen molar-refractivity contribution in [2.75, 3.05) is 27.2 Å². The zero-order valence-corrected chi connectivity index (χ0v) is 10.7. The molecule has 0 aromatic rings. The molecule has 7 heteroatoms. The second-order valence-electron chi connectivity index (χ2n) is 4.98. The highest BCUT2D eigenvalue weighted by atomic mass is 19.4. The number of urea groups is 1. The third-order valence-electron chi connectivity index (χ3n) is 3.51. The van der Waals surface area contributed by atoms with Gasteiger partial charge in [0.15, 0.2) is 0 Å². The molecule has 0 saturated heterocycles. The largest absolute Gasteiger partial charge is 0.405 e. The summed E-state index contributed by atoms with van der Waals surface area (Å²) in [5.74, 6) is 0. The first-order chi connectivity index (χ1) is 8.25. The third-order valence-corrected chi connectivity index (χ3v) is 3.51. The topological polar surface area (TPSA) is 44.4 Å². The average Bonchev–Trinajstić information content (AvgIpc) is 2.72. The van der Waals surface area contributed by atoms with Crippen LogP contribution in [0.15, 0.2) is 0 Å². The molecule has 1 fully saturated rings. The maximum absolute atomic E-state index is 11.9. The van der Waals surface area contributed by atoms with Crippen molar-refractivity contribution >= 4 is 6.03 Å². The average molecular weight is 267 g/mol. The zero-order valence-electron chi connectivity index (χ0n) is 10.7. The number of hydrogen-bond acceptors (Lipinski definition) is 2. The van der Waals surface area contributed by atoms with E-state index in [-0.39, 0.29) is 5.54 Å². The molecule has 0 heterocycles. The summed E-state index contributed by atoms with van der Waals surface area (Å²) in [7, 11) is 3.86. The fourth-order valence-electron chi connectivity index (χ4n) is 2.30. The van der Waals surface area contributed by atoms with E-state index in [1.807, 2.05) is 24.3 Å². The fourth-order valence-corrected chi connectivity index (χ4v) is 2.30. The highest BCUT2D eigenvalue weighted by Gasteiger charge is 2.36. The van der Waals surface area contributed by atoms with Gasteiger partial charge >= 0.3 is 12.2 Å². The summed E-state index contributed by atoms with van der Waals surface area (Å²) in [4.78, 5) is 13.3. The molecule has 0 bridgehead atoms. The van der Waals surface area contributed by atoms with E-state index >= 15 is 0 Å². The van der Waals surface area contributed by atoms with Crippen LogP contribution in [0.4, 0.5) is 18.0 Å². The molecule has 0 radical (unpaired) electrons. The highest BCUT2D eigenvalue weighted by molar-refractivity contribution is 5.73. The third kappa shape index (κ3) is 4.36. The molecule has 0 unspecified atom stereocenters. The van der Waals surface area contributed by atoms with Crippen molar-refractivity contribution in [1.82, 2.24) is 15.5 Å². The highest BCUT2D eigenvalue weighted by Crippen LogP contribution is 2.32. The Morgan fingerprint density at radius 3 is 2.22 bits per heavy atom. The van der Waals surface area contributed by atoms with Crippen LogP contribution >= 0.6 is 0 Å². The monoisotopic (exact) mass is 267 g/mol. The first kappa shape index (κ1) is 15.1. The lowest BCUT2D eigenvalue weighted by molar-refractivity contribution is -0.122. The van der Waals surface area contributed by atoms with Crippen molar-refractivity contribution in [3.8, 4) is 0 Å². The molecule has 0 aromatic heterocycles. The Bertz CT molecular complexity index is 286. The van der Waals surface area contributed by atoms with Crippen molar-refractivity contribution in [3.63, 3.8) is 0 Å². The number of likely N-dealkylation sites (N-methyl/N-ethyl adjacent to an activating group) is 1. The molecule has 0 spiro atoms. The normalized spacial score (nSPS) is 19.0. The maximum atomic E-state index is 11.9. The minimum Gasteiger partial charge on any atom is -0.336 e. The molecule has 0 aromatic carbocycles. The van der Waals surface area contributed by atoms with E-state index in [1.165, 1.54) is 0 Å². The first-order valence-corrected chi connectivity index (χ1v) is 6.01. The fraction of sp³-hybridized carbons (Fsp3) is 0.909. The van der Waals surface area contributed by atoms with Gasteiger partial charge in [0.1, 0.15) is 6.54 Å². The van der Waals surface area contributed by atoms with E-state index in [9.17, 15) is 18.0 Å². The number of carbonyl (C=O) groups is 1. The van der Waals surface area contributed by atoms with Crippen LogP contribution in [0, 0.1) is 0 Å². The van der Waals surface area contributed by atoms with Crippen molar-refractivity contribution in [2.24, 2.45) is 0 Å². The summed E-state index contributed by atoms with van der Waals surface area (Å²) < 4.78 is 35.7. The zero-order chi connectivity index (χ0) is 13.8. The first-order valence-electron chi connectivity index (χ1n) is 6.01. The van der Waals surface area contributed by atoms with Gasteiger partial charge in [0, 0.05) is 12.1 Å². The molecule has 0 aliphatic heterocycles. The molecule has 0 atom stereocenters. The van der Waals surface area contributed by atoms with Gasteiger partial charge in [-0.1, -0.05) is 12.8 Å². The molecule has 106 valence electrons. The van der Waals surface area contributed by atoms with E-state index in [4.69, 9.17) is 0 Å². The Morgan fingerprint density at radius 2 is 1.78 bits per heavy atom. The molecule has 1 saturated carbocycles. The van der Waals surface area contributed by atoms with Crippen LogP contribution in [0.5, 0.6) is 0 Å². The molecule has 4 nitrogen and oxygen atoms in total. The van der Waals surface area contributed by atoms with Crippen LogP contribution in [0.1, 0.15) is 25.7 Å². The van der Waals surface area contributed by atoms with Crippen LogP contribution in [0.3, 0.4) is 0 Å². The number of nitrogens with zero attached hydrogens (tertiary/aromatic N) is 1. The van der Waals surface area contributed by atoms with Crippen LogP contribution < -0.4 is 10.6 Å². The summed E-state index contributed by atoms with van der Waals surface area (Å²) in [6.07, 6.45) is -0.281. The van der Waals surface area contributed by atoms with Gasteiger partial charge in [0.2, 0.25) is 0 Å². The Labute approximate surface area is 105 Å². The molecule has 1 rings (SSSR count). The van der Waals surface area contributed by atoms with E-state index in [1.54, 1.807) is 0 Å². The number of alkyl halides is 3. The Morgan fingerprint density at radius 1 is 1.22 bits per heavy atom. The van der Waals surface area contributed by atoms with Crippen LogP contribution in [0.25, 0.3) is 0 Å². The molecule has 1 aliphatic rings. The van der Waals surface area contributed by atoms with Gasteiger partial charge in [-0.25, -0.2) is 4.79 Å². The number of hydrogen-bond donors (Lipinski definition) is 2. The van der Waals surface area contributed by atoms with Gasteiger partial charge in [-0.3, -0.25) is 0 Å². The van der Waals surface area contributed by atoms with Gasteiger partial charge in [-0.05, 0) is 26.9 Å². The Balaban J connectivity index is 2.37. The van der Waals surface area contributed by atoms with Crippen LogP contribution in [-0.4, -0.2) is 49.8 Å². The number of halogens is 3. The molecular weight excluding hydrogens is 247 g/mol. The molecule has 18 heavy (non-hydrogen) atoms. The molecule has 2 N–H and O–H groups in total. The van der Waals surface area contributed by atoms with E-state index < -0.39 is 18.8 Å². The Hall–Kier alpha value is -0.980. The number of amides is 2. The van der Waals surface area contributed by atoms with Crippen LogP contribution in [0.2, 0.25) is 0 Å². The minimum atomic E-state index is -4.37. The lowest BCUT2D eigenvalue weighted by atomic mass is 9.96. The maximum Gasteiger partial charge on any atom is 0.405 e. The Kier molecular flexibility index (Phi) is 4.84. The van der Waals surface area contributed by atoms with Gasteiger partial charge in [-0.15, -0.1) is 0 Å². The van der Waals surface area contributed by atoms with Gasteiger partial charge < -0.3 is 15.5 Å². The summed E-state index contributed by atoms with van der Waals surface area (Å²) in [6.45, 7) is -0.919. The molecular formula is C11H20F3N3O. The number of nitrogens with one attached hydrogen (secondary N) is 2. The molecule has 1 aliphatic carbocycles. The van der Waals surface area contributed by atoms with E-state index in [0.717, 1.165) is 25.7 Å². The van der Waals surface area contributed by atoms with Gasteiger partial charge in [0.25, 0.3) is 0 Å². The van der Waals surface area contributed by atoms with Gasteiger partial charge in [-0.2, -0.15) is 13.2 Å². The lowest BCUT2D eigenvalue weighted by Crippen LogP contribution is -2.53. The second-order valence-corrected chi connectivity index (χ2v) is 4.98. The van der Waals surface area contributed by atoms with E-state index in [2.05, 4.69) is 5.32 Å². The predicted octanol–water partition coefficient (Wildman–Crippen LogP) is 1.72. The van der Waals surface area contributed by atoms with E-state index in [0.29, 0.717) is 6.54 Å². The summed E-state index contributed by atoms with van der Waals surface area (Å²) >= 11 is 0. The smallest absolute Gasteiger partial charge is 0.336 e. The van der Waals surface area contributed by atoms with Crippen molar-refractivity contribution in [3.05, 3.63) is 0 Å². The molecule has 2 amide bonds. The summed E-state index contributed by atoms with van der Waals surface area (Å²) in [5.41, 5.74) is -0.116. The number of carbonyl (C=O) groups excluding carboxylic acids is 1. The SMILES string of the molecule is CN(C)C1(CNC(=O)NCC(F)(F)F)CCCC1.